The van der Waals surface area contributed by atoms with Gasteiger partial charge in [-0.2, -0.15) is 8.78 Å². The maximum atomic E-state index is 14.8. The number of ether oxygens (including phenoxy) is 1. The van der Waals surface area contributed by atoms with Crippen molar-refractivity contribution < 1.29 is 31.1 Å². The highest BCUT2D eigenvalue weighted by Crippen LogP contribution is 2.46. The Bertz CT molecular complexity index is 1520. The second-order valence-corrected chi connectivity index (χ2v) is 14.0. The number of pyridine rings is 1. The van der Waals surface area contributed by atoms with Crippen molar-refractivity contribution in [1.29, 1.82) is 0 Å². The largest absolute Gasteiger partial charge is 0.432 e. The van der Waals surface area contributed by atoms with E-state index in [4.69, 9.17) is 5.73 Å². The number of nitrogens with two attached hydrogens (primary N) is 1. The van der Waals surface area contributed by atoms with E-state index < -0.39 is 38.7 Å². The van der Waals surface area contributed by atoms with Crippen LogP contribution in [0.15, 0.2) is 24.3 Å². The molecule has 0 saturated heterocycles. The fourth-order valence-electron chi connectivity index (χ4n) is 4.98. The average molecular weight is 566 g/mol. The Balaban J connectivity index is 1.81. The minimum absolute atomic E-state index is 0.0343. The molecule has 1 aromatic carbocycles. The fourth-order valence-corrected chi connectivity index (χ4v) is 6.11. The van der Waals surface area contributed by atoms with Crippen molar-refractivity contribution in [1.82, 2.24) is 9.55 Å². The monoisotopic (exact) mass is 565 g/mol. The molecule has 4 rings (SSSR count). The number of primary amides is 1. The first-order chi connectivity index (χ1) is 18.1. The van der Waals surface area contributed by atoms with Crippen LogP contribution >= 0.6 is 0 Å². The van der Waals surface area contributed by atoms with Gasteiger partial charge >= 0.3 is 6.61 Å². The van der Waals surface area contributed by atoms with Gasteiger partial charge in [0, 0.05) is 34.4 Å². The van der Waals surface area contributed by atoms with Gasteiger partial charge in [-0.25, -0.2) is 12.8 Å². The maximum Gasteiger partial charge on any atom is 0.387 e. The number of carbonyl (C=O) groups is 1. The summed E-state index contributed by atoms with van der Waals surface area (Å²) in [4.78, 5) is 17.4. The topological polar surface area (TPSA) is 104 Å². The third-order valence-electron chi connectivity index (χ3n) is 7.41. The number of sulfone groups is 1. The van der Waals surface area contributed by atoms with Crippen molar-refractivity contribution in [3.8, 4) is 17.0 Å². The molecule has 2 aromatic heterocycles. The first-order valence-electron chi connectivity index (χ1n) is 12.9. The lowest BCUT2D eigenvalue weighted by Crippen LogP contribution is -2.30. The highest BCUT2D eigenvalue weighted by molar-refractivity contribution is 7.92. The zero-order chi connectivity index (χ0) is 28.9. The number of aromatic nitrogens is 2. The zero-order valence-corrected chi connectivity index (χ0v) is 23.5. The summed E-state index contributed by atoms with van der Waals surface area (Å²) in [6.07, 6.45) is 2.77. The van der Waals surface area contributed by atoms with Crippen molar-refractivity contribution in [2.24, 2.45) is 11.7 Å². The first-order valence-corrected chi connectivity index (χ1v) is 14.6. The number of benzene rings is 1. The first kappa shape index (κ1) is 28.9. The van der Waals surface area contributed by atoms with E-state index in [1.807, 2.05) is 11.5 Å². The van der Waals surface area contributed by atoms with E-state index in [2.05, 4.69) is 9.72 Å². The lowest BCUT2D eigenvalue weighted by Gasteiger charge is -2.21. The molecule has 0 aliphatic heterocycles. The number of hydrogen-bond acceptors (Lipinski definition) is 5. The molecule has 2 N–H and O–H groups in total. The molecular weight excluding hydrogens is 531 g/mol. The lowest BCUT2D eigenvalue weighted by atomic mass is 10.0. The van der Waals surface area contributed by atoms with Gasteiger partial charge in [-0.3, -0.25) is 9.78 Å². The van der Waals surface area contributed by atoms with Crippen LogP contribution in [-0.4, -0.2) is 41.0 Å². The number of amides is 1. The normalized spacial score (nSPS) is 15.2. The van der Waals surface area contributed by atoms with Gasteiger partial charge in [0.1, 0.15) is 0 Å². The number of aryl methyl sites for hydroxylation is 2. The van der Waals surface area contributed by atoms with E-state index in [0.29, 0.717) is 46.9 Å². The Morgan fingerprint density at radius 1 is 1.23 bits per heavy atom. The quantitative estimate of drug-likeness (QED) is 0.326. The molecule has 7 nitrogen and oxygen atoms in total. The van der Waals surface area contributed by atoms with Crippen LogP contribution in [-0.2, 0) is 16.3 Å². The maximum absolute atomic E-state index is 14.8. The molecule has 0 radical (unpaired) electrons. The molecule has 1 aliphatic rings. The molecule has 1 unspecified atom stereocenters. The molecule has 1 aliphatic carbocycles. The Morgan fingerprint density at radius 3 is 2.44 bits per heavy atom. The van der Waals surface area contributed by atoms with Crippen LogP contribution in [0.5, 0.6) is 5.75 Å². The summed E-state index contributed by atoms with van der Waals surface area (Å²) in [7, 11) is -3.26. The van der Waals surface area contributed by atoms with E-state index in [1.165, 1.54) is 6.07 Å². The second kappa shape index (κ2) is 10.5. The van der Waals surface area contributed by atoms with Crippen LogP contribution in [0.4, 0.5) is 13.2 Å². The number of rotatable bonds is 10. The Morgan fingerprint density at radius 2 is 1.90 bits per heavy atom. The molecule has 2 heterocycles. The molecule has 0 spiro atoms. The average Bonchev–Trinajstić information content (AvgIpc) is 3.60. The number of fused-ring (bicyclic) bond motifs is 1. The summed E-state index contributed by atoms with van der Waals surface area (Å²) in [6, 6.07) is 5.63. The molecule has 39 heavy (non-hydrogen) atoms. The van der Waals surface area contributed by atoms with Gasteiger partial charge in [-0.05, 0) is 84.4 Å². The number of halogens is 3. The van der Waals surface area contributed by atoms with Gasteiger partial charge in [-0.1, -0.05) is 0 Å². The molecule has 0 bridgehead atoms. The van der Waals surface area contributed by atoms with Crippen LogP contribution < -0.4 is 10.5 Å². The predicted molar refractivity (Wildman–Crippen MR) is 144 cm³/mol. The molecule has 1 fully saturated rings. The van der Waals surface area contributed by atoms with Crippen LogP contribution in [0.2, 0.25) is 0 Å². The number of hydrogen-bond donors (Lipinski definition) is 1. The SMILES string of the molecule is Cc1nc(CCCS(=O)(=O)C(C)(C)C)ccc1-c1c(C(N)=O)c2cc(F)c(OC(F)F)cc2n1C(C)C1CC1. The third kappa shape index (κ3) is 5.78. The number of alkyl halides is 2. The zero-order valence-electron chi connectivity index (χ0n) is 22.7. The summed E-state index contributed by atoms with van der Waals surface area (Å²) in [5.74, 6) is -2.09. The Kier molecular flexibility index (Phi) is 7.77. The molecule has 1 saturated carbocycles. The lowest BCUT2D eigenvalue weighted by molar-refractivity contribution is -0.0521. The highest BCUT2D eigenvalue weighted by Gasteiger charge is 2.35. The fraction of sp³-hybridized carbons (Fsp3) is 0.500. The van der Waals surface area contributed by atoms with Crippen LogP contribution in [0.3, 0.4) is 0 Å². The van der Waals surface area contributed by atoms with E-state index in [1.54, 1.807) is 39.8 Å². The summed E-state index contributed by atoms with van der Waals surface area (Å²) in [6.45, 7) is 5.54. The van der Waals surface area contributed by atoms with E-state index in [0.717, 1.165) is 18.9 Å². The van der Waals surface area contributed by atoms with Crippen LogP contribution in [0.25, 0.3) is 22.2 Å². The van der Waals surface area contributed by atoms with Gasteiger partial charge in [-0.15, -0.1) is 0 Å². The molecule has 1 atom stereocenters. The highest BCUT2D eigenvalue weighted by atomic mass is 32.2. The van der Waals surface area contributed by atoms with Gasteiger partial charge in [0.15, 0.2) is 21.4 Å². The molecular formula is C28H34F3N3O4S. The van der Waals surface area contributed by atoms with E-state index in [9.17, 15) is 26.4 Å². The Hall–Kier alpha value is -3.08. The smallest absolute Gasteiger partial charge is 0.387 e. The number of carbonyl (C=O) groups excluding carboxylic acids is 1. The van der Waals surface area contributed by atoms with Gasteiger partial charge < -0.3 is 15.0 Å². The summed E-state index contributed by atoms with van der Waals surface area (Å²) < 4.78 is 71.0. The van der Waals surface area contributed by atoms with Crippen molar-refractivity contribution >= 4 is 26.6 Å². The predicted octanol–water partition coefficient (Wildman–Crippen LogP) is 5.97. The Labute approximate surface area is 226 Å². The van der Waals surface area contributed by atoms with Crippen LogP contribution in [0.1, 0.15) is 74.7 Å². The molecule has 11 heteroatoms. The van der Waals surface area contributed by atoms with Gasteiger partial charge in [0.25, 0.3) is 5.91 Å². The summed E-state index contributed by atoms with van der Waals surface area (Å²) in [5, 5.41) is 0.208. The standard InChI is InChI=1S/C28H34F3N3O4S/c1-15-19(11-10-18(33-15)7-6-12-39(36,37)28(3,4)5)25-24(26(32)35)20-13-21(29)23(38-27(30)31)14-22(20)34(25)16(2)17-8-9-17/h10-11,13-14,16-17,27H,6-9,12H2,1-5H3,(H2,32,35). The molecule has 212 valence electrons. The van der Waals surface area contributed by atoms with Crippen molar-refractivity contribution in [2.45, 2.75) is 77.7 Å². The molecule has 1 amide bonds. The minimum atomic E-state index is -3.26. The minimum Gasteiger partial charge on any atom is -0.432 e. The van der Waals surface area contributed by atoms with Gasteiger partial charge in [0.05, 0.1) is 27.3 Å². The molecule has 3 aromatic rings. The summed E-state index contributed by atoms with van der Waals surface area (Å²) >= 11 is 0. The van der Waals surface area contributed by atoms with E-state index in [-0.39, 0.29) is 22.7 Å². The van der Waals surface area contributed by atoms with Crippen molar-refractivity contribution in [3.63, 3.8) is 0 Å². The van der Waals surface area contributed by atoms with Crippen LogP contribution in [0, 0.1) is 18.7 Å². The van der Waals surface area contributed by atoms with Gasteiger partial charge in [0.2, 0.25) is 0 Å². The van der Waals surface area contributed by atoms with Crippen molar-refractivity contribution in [3.05, 3.63) is 47.0 Å². The third-order valence-corrected chi connectivity index (χ3v) is 10.1. The van der Waals surface area contributed by atoms with E-state index >= 15 is 0 Å². The summed E-state index contributed by atoms with van der Waals surface area (Å²) in [5.41, 5.74) is 8.56. The van der Waals surface area contributed by atoms with Crippen molar-refractivity contribution in [2.75, 3.05) is 5.75 Å². The second-order valence-electron chi connectivity index (χ2n) is 11.2. The number of nitrogens with zero attached hydrogens (tertiary/aromatic N) is 2.